The number of fused-ring (bicyclic) bond motifs is 1. The molecule has 3 heteroatoms. The average Bonchev–Trinajstić information content (AvgIpc) is 2.64. The van der Waals surface area contributed by atoms with E-state index in [9.17, 15) is 4.79 Å². The molecule has 1 heterocycles. The molecule has 1 aromatic carbocycles. The molecule has 1 aromatic heterocycles. The third kappa shape index (κ3) is 1.76. The highest BCUT2D eigenvalue weighted by molar-refractivity contribution is 6.05. The van der Waals surface area contributed by atoms with E-state index in [0.717, 1.165) is 10.9 Å². The van der Waals surface area contributed by atoms with Crippen LogP contribution in [0.3, 0.4) is 0 Å². The Morgan fingerprint density at radius 1 is 1.29 bits per heavy atom. The van der Waals surface area contributed by atoms with Crippen LogP contribution in [0, 0.1) is 0 Å². The summed E-state index contributed by atoms with van der Waals surface area (Å²) in [6.07, 6.45) is 1.63. The Morgan fingerprint density at radius 3 is 2.57 bits per heavy atom. The molecule has 0 aliphatic carbocycles. The summed E-state index contributed by atoms with van der Waals surface area (Å²) in [5.41, 5.74) is 6.65. The summed E-state index contributed by atoms with van der Waals surface area (Å²) in [7, 11) is 0. The summed E-state index contributed by atoms with van der Waals surface area (Å²) in [6.45, 7) is 4.00. The van der Waals surface area contributed by atoms with Gasteiger partial charge in [-0.15, -0.1) is 0 Å². The molecule has 0 fully saturated rings. The fraction of sp³-hybridized carbons (Fsp3) is 0.182. The van der Waals surface area contributed by atoms with Crippen molar-refractivity contribution < 1.29 is 4.79 Å². The number of carbonyl (C=O) groups is 1. The maximum atomic E-state index is 10.9. The molecule has 0 saturated heterocycles. The van der Waals surface area contributed by atoms with E-state index >= 15 is 0 Å². The van der Waals surface area contributed by atoms with Gasteiger partial charge in [-0.1, -0.05) is 32.0 Å². The smallest absolute Gasteiger partial charge is 0.250 e. The van der Waals surface area contributed by atoms with Crippen LogP contribution in [-0.2, 0) is 0 Å². The Labute approximate surface area is 82.9 Å². The van der Waals surface area contributed by atoms with Crippen LogP contribution in [0.2, 0.25) is 0 Å². The zero-order valence-corrected chi connectivity index (χ0v) is 8.37. The molecule has 0 bridgehead atoms. The molecule has 74 valence electrons. The molecule has 0 unspecified atom stereocenters. The first-order valence-corrected chi connectivity index (χ1v) is 4.65. The first-order chi connectivity index (χ1) is 6.79. The minimum Gasteiger partial charge on any atom is -0.366 e. The van der Waals surface area contributed by atoms with Gasteiger partial charge >= 0.3 is 0 Å². The second-order valence-electron chi connectivity index (χ2n) is 2.61. The molecule has 1 amide bonds. The van der Waals surface area contributed by atoms with Gasteiger partial charge in [0.1, 0.15) is 0 Å². The van der Waals surface area contributed by atoms with E-state index in [-0.39, 0.29) is 0 Å². The van der Waals surface area contributed by atoms with Crippen LogP contribution >= 0.6 is 0 Å². The minimum atomic E-state index is -0.396. The number of carbonyl (C=O) groups excluding carboxylic acids is 1. The van der Waals surface area contributed by atoms with E-state index in [1.165, 1.54) is 0 Å². The van der Waals surface area contributed by atoms with Crippen molar-refractivity contribution in [2.75, 3.05) is 0 Å². The highest BCUT2D eigenvalue weighted by Gasteiger charge is 2.06. The number of primary amides is 1. The number of aromatic amines is 1. The van der Waals surface area contributed by atoms with Crippen molar-refractivity contribution in [1.29, 1.82) is 0 Å². The number of benzene rings is 1. The molecule has 2 rings (SSSR count). The van der Waals surface area contributed by atoms with Crippen molar-refractivity contribution >= 4 is 16.8 Å². The van der Waals surface area contributed by atoms with E-state index in [0.29, 0.717) is 5.56 Å². The van der Waals surface area contributed by atoms with Gasteiger partial charge in [0, 0.05) is 17.1 Å². The predicted molar refractivity (Wildman–Crippen MR) is 58.2 cm³/mol. The lowest BCUT2D eigenvalue weighted by molar-refractivity contribution is 0.100. The van der Waals surface area contributed by atoms with E-state index in [1.54, 1.807) is 6.20 Å². The second-order valence-corrected chi connectivity index (χ2v) is 2.61. The second kappa shape index (κ2) is 4.46. The molecule has 2 aromatic rings. The summed E-state index contributed by atoms with van der Waals surface area (Å²) in [5.74, 6) is -0.396. The van der Waals surface area contributed by atoms with E-state index < -0.39 is 5.91 Å². The van der Waals surface area contributed by atoms with Crippen molar-refractivity contribution in [2.45, 2.75) is 13.8 Å². The van der Waals surface area contributed by atoms with E-state index in [4.69, 9.17) is 5.73 Å². The molecule has 0 aliphatic heterocycles. The zero-order chi connectivity index (χ0) is 10.6. The number of hydrogen-bond donors (Lipinski definition) is 2. The largest absolute Gasteiger partial charge is 0.366 e. The molecular weight excluding hydrogens is 176 g/mol. The third-order valence-electron chi connectivity index (χ3n) is 1.85. The number of nitrogens with one attached hydrogen (secondary N) is 1. The molecule has 0 atom stereocenters. The van der Waals surface area contributed by atoms with Crippen molar-refractivity contribution in [1.82, 2.24) is 4.98 Å². The lowest BCUT2D eigenvalue weighted by Gasteiger charge is -1.90. The highest BCUT2D eigenvalue weighted by atomic mass is 16.1. The van der Waals surface area contributed by atoms with E-state index in [1.807, 2.05) is 38.1 Å². The number of amides is 1. The van der Waals surface area contributed by atoms with Crippen molar-refractivity contribution in [2.24, 2.45) is 5.73 Å². The number of aromatic nitrogens is 1. The quantitative estimate of drug-likeness (QED) is 0.712. The van der Waals surface area contributed by atoms with Gasteiger partial charge in [-0.2, -0.15) is 0 Å². The Hall–Kier alpha value is -1.77. The maximum Gasteiger partial charge on any atom is 0.250 e. The fourth-order valence-electron chi connectivity index (χ4n) is 1.28. The standard InChI is InChI=1S/C9H8N2O.C2H6/c10-9(12)7-5-11-8-4-2-1-3-6(7)8;1-2/h1-5,11H,(H2,10,12);1-2H3. The van der Waals surface area contributed by atoms with Crippen molar-refractivity contribution in [3.8, 4) is 0 Å². The van der Waals surface area contributed by atoms with Crippen LogP contribution in [0.25, 0.3) is 10.9 Å². The molecular formula is C11H14N2O. The normalized spacial score (nSPS) is 9.29. The molecule has 0 radical (unpaired) electrons. The Kier molecular flexibility index (Phi) is 3.29. The average molecular weight is 190 g/mol. The third-order valence-corrected chi connectivity index (χ3v) is 1.85. The number of H-pyrrole nitrogens is 1. The minimum absolute atomic E-state index is 0.396. The molecule has 0 saturated carbocycles. The van der Waals surface area contributed by atoms with Gasteiger partial charge < -0.3 is 10.7 Å². The van der Waals surface area contributed by atoms with Crippen LogP contribution in [-0.4, -0.2) is 10.9 Å². The summed E-state index contributed by atoms with van der Waals surface area (Å²) in [6, 6.07) is 7.56. The first-order valence-electron chi connectivity index (χ1n) is 4.65. The van der Waals surface area contributed by atoms with Crippen molar-refractivity contribution in [3.05, 3.63) is 36.0 Å². The summed E-state index contributed by atoms with van der Waals surface area (Å²) < 4.78 is 0. The van der Waals surface area contributed by atoms with Gasteiger partial charge in [-0.3, -0.25) is 4.79 Å². The molecule has 0 aliphatic rings. The fourth-order valence-corrected chi connectivity index (χ4v) is 1.28. The SMILES string of the molecule is CC.NC(=O)c1c[nH]c2ccccc12. The van der Waals surface area contributed by atoms with Crippen LogP contribution in [0.4, 0.5) is 0 Å². The van der Waals surface area contributed by atoms with Gasteiger partial charge in [-0.05, 0) is 6.07 Å². The summed E-state index contributed by atoms with van der Waals surface area (Å²) in [5, 5.41) is 0.880. The van der Waals surface area contributed by atoms with Crippen LogP contribution in [0.15, 0.2) is 30.5 Å². The Morgan fingerprint density at radius 2 is 1.93 bits per heavy atom. The number of nitrogens with two attached hydrogens (primary N) is 1. The van der Waals surface area contributed by atoms with Gasteiger partial charge in [0.15, 0.2) is 0 Å². The van der Waals surface area contributed by atoms with Crippen LogP contribution in [0.5, 0.6) is 0 Å². The lowest BCUT2D eigenvalue weighted by Crippen LogP contribution is -2.09. The summed E-state index contributed by atoms with van der Waals surface area (Å²) in [4.78, 5) is 13.8. The predicted octanol–water partition coefficient (Wildman–Crippen LogP) is 2.29. The monoisotopic (exact) mass is 190 g/mol. The van der Waals surface area contributed by atoms with Crippen LogP contribution < -0.4 is 5.73 Å². The number of rotatable bonds is 1. The Balaban J connectivity index is 0.000000461. The molecule has 3 nitrogen and oxygen atoms in total. The van der Waals surface area contributed by atoms with Gasteiger partial charge in [0.05, 0.1) is 5.56 Å². The number of hydrogen-bond acceptors (Lipinski definition) is 1. The number of para-hydroxylation sites is 1. The van der Waals surface area contributed by atoms with Crippen molar-refractivity contribution in [3.63, 3.8) is 0 Å². The molecule has 14 heavy (non-hydrogen) atoms. The maximum absolute atomic E-state index is 10.9. The van der Waals surface area contributed by atoms with Gasteiger partial charge in [-0.25, -0.2) is 0 Å². The topological polar surface area (TPSA) is 58.9 Å². The van der Waals surface area contributed by atoms with Gasteiger partial charge in [0.2, 0.25) is 0 Å². The first kappa shape index (κ1) is 10.3. The van der Waals surface area contributed by atoms with Crippen LogP contribution in [0.1, 0.15) is 24.2 Å². The highest BCUT2D eigenvalue weighted by Crippen LogP contribution is 2.16. The zero-order valence-electron chi connectivity index (χ0n) is 8.37. The summed E-state index contributed by atoms with van der Waals surface area (Å²) >= 11 is 0. The Bertz CT molecular complexity index is 432. The van der Waals surface area contributed by atoms with E-state index in [2.05, 4.69) is 4.98 Å². The lowest BCUT2D eigenvalue weighted by atomic mass is 10.2. The molecule has 3 N–H and O–H groups in total. The molecule has 0 spiro atoms. The van der Waals surface area contributed by atoms with Gasteiger partial charge in [0.25, 0.3) is 5.91 Å².